The lowest BCUT2D eigenvalue weighted by Gasteiger charge is -2.12. The van der Waals surface area contributed by atoms with Crippen molar-refractivity contribution in [2.24, 2.45) is 5.10 Å². The molecule has 0 unspecified atom stereocenters. The smallest absolute Gasteiger partial charge is 0.276 e. The number of benzene rings is 3. The van der Waals surface area contributed by atoms with Crippen molar-refractivity contribution in [2.75, 3.05) is 0 Å². The van der Waals surface area contributed by atoms with Gasteiger partial charge in [-0.05, 0) is 80.5 Å². The summed E-state index contributed by atoms with van der Waals surface area (Å²) in [7, 11) is -3.75. The van der Waals surface area contributed by atoms with Crippen LogP contribution in [-0.2, 0) is 16.6 Å². The van der Waals surface area contributed by atoms with Crippen LogP contribution >= 0.6 is 54.5 Å². The van der Waals surface area contributed by atoms with Crippen LogP contribution in [0.2, 0.25) is 0 Å². The van der Waals surface area contributed by atoms with E-state index in [0.29, 0.717) is 17.9 Å². The minimum absolute atomic E-state index is 0.144. The van der Waals surface area contributed by atoms with Gasteiger partial charge in [-0.2, -0.15) is 13.5 Å². The van der Waals surface area contributed by atoms with Crippen LogP contribution in [0.1, 0.15) is 11.1 Å². The van der Waals surface area contributed by atoms with E-state index in [1.165, 1.54) is 18.3 Å². The molecule has 5 nitrogen and oxygen atoms in total. The van der Waals surface area contributed by atoms with Crippen molar-refractivity contribution < 1.29 is 13.2 Å². The second kappa shape index (κ2) is 10.1. The van der Waals surface area contributed by atoms with E-state index in [0.717, 1.165) is 18.1 Å². The van der Waals surface area contributed by atoms with Crippen molar-refractivity contribution in [3.05, 3.63) is 90.4 Å². The van der Waals surface area contributed by atoms with E-state index in [9.17, 15) is 8.42 Å². The first-order valence-corrected chi connectivity index (χ1v) is 12.5. The van der Waals surface area contributed by atoms with Gasteiger partial charge in [0, 0.05) is 13.6 Å². The summed E-state index contributed by atoms with van der Waals surface area (Å²) in [5, 5.41) is 3.92. The molecule has 0 aromatic heterocycles. The molecule has 0 amide bonds. The summed E-state index contributed by atoms with van der Waals surface area (Å²) >= 11 is 9.04. The largest absolute Gasteiger partial charge is 0.487 e. The summed E-state index contributed by atoms with van der Waals surface area (Å²) < 4.78 is 33.2. The molecule has 0 atom stereocenters. The van der Waals surface area contributed by atoms with Crippen molar-refractivity contribution in [3.8, 4) is 5.75 Å². The maximum absolute atomic E-state index is 12.4. The molecule has 3 rings (SSSR count). The molecule has 29 heavy (non-hydrogen) atoms. The molecule has 3 aromatic rings. The summed E-state index contributed by atoms with van der Waals surface area (Å²) in [4.78, 5) is 2.38. The van der Waals surface area contributed by atoms with Crippen LogP contribution < -0.4 is 9.57 Å². The molecule has 9 heteroatoms. The number of hydrogen-bond acceptors (Lipinski definition) is 4. The Bertz CT molecular complexity index is 1120. The SMILES string of the molecule is O=S(=O)(N/N=C\c1cc(Br)cc(Br)c1OCc1ccccc1)c1ccc(I)cc1. The first-order valence-electron chi connectivity index (χ1n) is 8.31. The van der Waals surface area contributed by atoms with Crippen molar-refractivity contribution in [2.45, 2.75) is 11.5 Å². The van der Waals surface area contributed by atoms with Gasteiger partial charge in [-0.3, -0.25) is 0 Å². The van der Waals surface area contributed by atoms with Crippen LogP contribution in [0.5, 0.6) is 5.75 Å². The molecule has 0 fully saturated rings. The topological polar surface area (TPSA) is 67.8 Å². The van der Waals surface area contributed by atoms with Crippen LogP contribution in [0.15, 0.2) is 85.7 Å². The average Bonchev–Trinajstić information content (AvgIpc) is 2.68. The van der Waals surface area contributed by atoms with Crippen LogP contribution in [0.25, 0.3) is 0 Å². The van der Waals surface area contributed by atoms with Gasteiger partial charge in [0.25, 0.3) is 10.0 Å². The monoisotopic (exact) mass is 648 g/mol. The quantitative estimate of drug-likeness (QED) is 0.203. The molecule has 0 saturated heterocycles. The molecule has 0 bridgehead atoms. The van der Waals surface area contributed by atoms with Gasteiger partial charge in [0.2, 0.25) is 0 Å². The molecule has 0 spiro atoms. The molecular formula is C20H15Br2IN2O3S. The molecular weight excluding hydrogens is 635 g/mol. The molecule has 3 aromatic carbocycles. The Hall–Kier alpha value is -1.43. The second-order valence-electron chi connectivity index (χ2n) is 5.89. The van der Waals surface area contributed by atoms with Gasteiger partial charge in [-0.25, -0.2) is 4.83 Å². The predicted molar refractivity (Wildman–Crippen MR) is 130 cm³/mol. The first kappa shape index (κ1) is 22.3. The number of sulfonamides is 1. The van der Waals surface area contributed by atoms with E-state index >= 15 is 0 Å². The average molecular weight is 650 g/mol. The fraction of sp³-hybridized carbons (Fsp3) is 0.0500. The maximum atomic E-state index is 12.4. The van der Waals surface area contributed by atoms with Gasteiger partial charge in [0.1, 0.15) is 12.4 Å². The highest BCUT2D eigenvalue weighted by molar-refractivity contribution is 14.1. The van der Waals surface area contributed by atoms with Crippen molar-refractivity contribution in [1.82, 2.24) is 4.83 Å². The Morgan fingerprint density at radius 2 is 1.72 bits per heavy atom. The third-order valence-corrected chi connectivity index (χ3v) is 6.77. The molecule has 0 aliphatic carbocycles. The van der Waals surface area contributed by atoms with Gasteiger partial charge in [0.15, 0.2) is 0 Å². The highest BCUT2D eigenvalue weighted by atomic mass is 127. The van der Waals surface area contributed by atoms with Gasteiger partial charge in [0.05, 0.1) is 15.6 Å². The lowest BCUT2D eigenvalue weighted by atomic mass is 10.2. The zero-order chi connectivity index (χ0) is 20.9. The molecule has 1 N–H and O–H groups in total. The van der Waals surface area contributed by atoms with E-state index in [-0.39, 0.29) is 4.90 Å². The number of ether oxygens (including phenoxy) is 1. The molecule has 0 aliphatic heterocycles. The lowest BCUT2D eigenvalue weighted by molar-refractivity contribution is 0.304. The van der Waals surface area contributed by atoms with Crippen molar-refractivity contribution >= 4 is 70.7 Å². The molecule has 0 saturated carbocycles. The Labute approximate surface area is 200 Å². The van der Waals surface area contributed by atoms with Crippen LogP contribution in [0.3, 0.4) is 0 Å². The summed E-state index contributed by atoms with van der Waals surface area (Å²) in [6, 6.07) is 19.9. The minimum Gasteiger partial charge on any atom is -0.487 e. The highest BCUT2D eigenvalue weighted by Crippen LogP contribution is 2.32. The molecule has 0 aliphatic rings. The zero-order valence-corrected chi connectivity index (χ0v) is 21.0. The highest BCUT2D eigenvalue weighted by Gasteiger charge is 2.13. The Morgan fingerprint density at radius 3 is 2.41 bits per heavy atom. The predicted octanol–water partition coefficient (Wildman–Crippen LogP) is 5.71. The van der Waals surface area contributed by atoms with Crippen molar-refractivity contribution in [1.29, 1.82) is 0 Å². The third-order valence-electron chi connectivity index (χ3n) is 3.76. The normalized spacial score (nSPS) is 11.6. The zero-order valence-electron chi connectivity index (χ0n) is 14.8. The summed E-state index contributed by atoms with van der Waals surface area (Å²) in [5.41, 5.74) is 1.64. The fourth-order valence-electron chi connectivity index (χ4n) is 2.39. The summed E-state index contributed by atoms with van der Waals surface area (Å²) in [6.45, 7) is 0.371. The van der Waals surface area contributed by atoms with E-state index in [4.69, 9.17) is 4.74 Å². The van der Waals surface area contributed by atoms with Crippen molar-refractivity contribution in [3.63, 3.8) is 0 Å². The maximum Gasteiger partial charge on any atom is 0.276 e. The first-order chi connectivity index (χ1) is 13.8. The van der Waals surface area contributed by atoms with Crippen LogP contribution in [-0.4, -0.2) is 14.6 Å². The lowest BCUT2D eigenvalue weighted by Crippen LogP contribution is -2.18. The number of rotatable bonds is 7. The number of nitrogens with one attached hydrogen (secondary N) is 1. The van der Waals surface area contributed by atoms with Gasteiger partial charge < -0.3 is 4.74 Å². The number of hydrazone groups is 1. The summed E-state index contributed by atoms with van der Waals surface area (Å²) in [6.07, 6.45) is 1.42. The van der Waals surface area contributed by atoms with Gasteiger partial charge in [-0.15, -0.1) is 0 Å². The van der Waals surface area contributed by atoms with Crippen LogP contribution in [0.4, 0.5) is 0 Å². The number of halogens is 3. The fourth-order valence-corrected chi connectivity index (χ4v) is 4.91. The molecule has 0 heterocycles. The Balaban J connectivity index is 1.79. The van der Waals surface area contributed by atoms with E-state index in [1.54, 1.807) is 18.2 Å². The Kier molecular flexibility index (Phi) is 7.72. The van der Waals surface area contributed by atoms with E-state index < -0.39 is 10.0 Å². The molecule has 0 radical (unpaired) electrons. The number of hydrogen-bond donors (Lipinski definition) is 1. The van der Waals surface area contributed by atoms with E-state index in [2.05, 4.69) is 64.4 Å². The standard InChI is InChI=1S/C20H15Br2IN2O3S/c21-16-10-15(12-24-25-29(26,27)18-8-6-17(23)7-9-18)20(19(22)11-16)28-13-14-4-2-1-3-5-14/h1-12,25H,13H2/b24-12-. The molecule has 150 valence electrons. The van der Waals surface area contributed by atoms with Gasteiger partial charge in [-0.1, -0.05) is 46.3 Å². The Morgan fingerprint density at radius 1 is 1.03 bits per heavy atom. The summed E-state index contributed by atoms with van der Waals surface area (Å²) in [5.74, 6) is 0.564. The van der Waals surface area contributed by atoms with Crippen LogP contribution in [0, 0.1) is 3.57 Å². The minimum atomic E-state index is -3.75. The van der Waals surface area contributed by atoms with Gasteiger partial charge >= 0.3 is 0 Å². The second-order valence-corrected chi connectivity index (χ2v) is 10.6. The van der Waals surface area contributed by atoms with E-state index in [1.807, 2.05) is 36.4 Å². The number of nitrogens with zero attached hydrogens (tertiary/aromatic N) is 1. The third kappa shape index (κ3) is 6.27.